The molecule has 2 aliphatic rings. The summed E-state index contributed by atoms with van der Waals surface area (Å²) in [6.45, 7) is 7.12. The molecule has 7 nitrogen and oxygen atoms in total. The number of urea groups is 1. The van der Waals surface area contributed by atoms with E-state index in [-0.39, 0.29) is 36.2 Å². The van der Waals surface area contributed by atoms with E-state index in [1.54, 1.807) is 13.8 Å². The van der Waals surface area contributed by atoms with Gasteiger partial charge in [0.2, 0.25) is 5.91 Å². The second kappa shape index (κ2) is 4.98. The van der Waals surface area contributed by atoms with E-state index in [1.165, 1.54) is 0 Å². The number of rotatable bonds is 4. The van der Waals surface area contributed by atoms with Gasteiger partial charge in [-0.2, -0.15) is 0 Å². The highest BCUT2D eigenvalue weighted by atomic mass is 16.3. The Labute approximate surface area is 124 Å². The summed E-state index contributed by atoms with van der Waals surface area (Å²) in [7, 11) is 0. The van der Waals surface area contributed by atoms with Gasteiger partial charge in [-0.3, -0.25) is 14.5 Å². The summed E-state index contributed by atoms with van der Waals surface area (Å²) in [5.74, 6) is -0.537. The molecule has 7 heteroatoms. The minimum atomic E-state index is -0.909. The maximum Gasteiger partial charge on any atom is 0.325 e. The molecule has 0 aromatic heterocycles. The van der Waals surface area contributed by atoms with E-state index in [1.807, 2.05) is 13.8 Å². The lowest BCUT2D eigenvalue weighted by atomic mass is 9.64. The summed E-state index contributed by atoms with van der Waals surface area (Å²) >= 11 is 0. The van der Waals surface area contributed by atoms with Crippen molar-refractivity contribution in [2.75, 3.05) is 6.54 Å². The molecule has 118 valence electrons. The molecule has 1 saturated heterocycles. The lowest BCUT2D eigenvalue weighted by Crippen LogP contribution is -2.61. The Bertz CT molecular complexity index is 487. The first-order valence-electron chi connectivity index (χ1n) is 7.17. The number of aliphatic hydroxyl groups is 1. The summed E-state index contributed by atoms with van der Waals surface area (Å²) in [4.78, 5) is 36.6. The molecule has 2 fully saturated rings. The van der Waals surface area contributed by atoms with Crippen molar-refractivity contribution in [2.45, 2.75) is 58.2 Å². The molecule has 0 spiro atoms. The highest BCUT2D eigenvalue weighted by Crippen LogP contribution is 2.40. The molecule has 2 unspecified atom stereocenters. The van der Waals surface area contributed by atoms with Gasteiger partial charge in [-0.1, -0.05) is 13.8 Å². The zero-order chi connectivity index (χ0) is 16.0. The maximum absolute atomic E-state index is 12.0. The van der Waals surface area contributed by atoms with E-state index in [9.17, 15) is 19.5 Å². The highest BCUT2D eigenvalue weighted by Gasteiger charge is 2.48. The van der Waals surface area contributed by atoms with Gasteiger partial charge in [0.15, 0.2) is 0 Å². The van der Waals surface area contributed by atoms with Crippen LogP contribution in [0.5, 0.6) is 0 Å². The number of hydrogen-bond donors (Lipinski definition) is 3. The Morgan fingerprint density at radius 3 is 2.43 bits per heavy atom. The standard InChI is InChI=1S/C14H23N3O4/c1-13(2)8(7-9(13)18)15-10(19)5-6-17-11(20)14(3,4)16-12(17)21/h8-9,18H,5-7H2,1-4H3,(H,15,19)(H,16,21). The molecule has 1 aliphatic carbocycles. The van der Waals surface area contributed by atoms with Crippen LogP contribution >= 0.6 is 0 Å². The predicted molar refractivity (Wildman–Crippen MR) is 75.3 cm³/mol. The molecule has 0 aromatic rings. The molecule has 0 bridgehead atoms. The van der Waals surface area contributed by atoms with Crippen LogP contribution in [0.2, 0.25) is 0 Å². The van der Waals surface area contributed by atoms with E-state index in [2.05, 4.69) is 10.6 Å². The summed E-state index contributed by atoms with van der Waals surface area (Å²) in [5.41, 5.74) is -1.24. The fourth-order valence-corrected chi connectivity index (χ4v) is 2.65. The van der Waals surface area contributed by atoms with E-state index in [0.29, 0.717) is 6.42 Å². The molecule has 1 saturated carbocycles. The van der Waals surface area contributed by atoms with Crippen molar-refractivity contribution in [3.8, 4) is 0 Å². The van der Waals surface area contributed by atoms with Crippen molar-refractivity contribution < 1.29 is 19.5 Å². The van der Waals surface area contributed by atoms with Crippen LogP contribution in [0.1, 0.15) is 40.5 Å². The fraction of sp³-hybridized carbons (Fsp3) is 0.786. The van der Waals surface area contributed by atoms with E-state index < -0.39 is 17.7 Å². The first-order valence-corrected chi connectivity index (χ1v) is 7.17. The highest BCUT2D eigenvalue weighted by molar-refractivity contribution is 6.06. The lowest BCUT2D eigenvalue weighted by Gasteiger charge is -2.49. The molecule has 0 aromatic carbocycles. The van der Waals surface area contributed by atoms with Gasteiger partial charge in [0.25, 0.3) is 5.91 Å². The molecule has 3 N–H and O–H groups in total. The van der Waals surface area contributed by atoms with E-state index in [0.717, 1.165) is 4.90 Å². The van der Waals surface area contributed by atoms with Crippen molar-refractivity contribution >= 4 is 17.8 Å². The minimum Gasteiger partial charge on any atom is -0.392 e. The number of imide groups is 1. The molecule has 1 aliphatic heterocycles. The number of nitrogens with zero attached hydrogens (tertiary/aromatic N) is 1. The third kappa shape index (κ3) is 2.74. The predicted octanol–water partition coefficient (Wildman–Crippen LogP) is -0.0175. The summed E-state index contributed by atoms with van der Waals surface area (Å²) < 4.78 is 0. The van der Waals surface area contributed by atoms with E-state index in [4.69, 9.17) is 0 Å². The SMILES string of the molecule is CC1(C)NC(=O)N(CCC(=O)NC2CC(O)C2(C)C)C1=O. The Kier molecular flexibility index (Phi) is 3.73. The normalized spacial score (nSPS) is 29.9. The fourth-order valence-electron chi connectivity index (χ4n) is 2.65. The molecule has 2 atom stereocenters. The largest absolute Gasteiger partial charge is 0.392 e. The van der Waals surface area contributed by atoms with Gasteiger partial charge in [0, 0.05) is 24.4 Å². The molecule has 4 amide bonds. The van der Waals surface area contributed by atoms with Crippen LogP contribution in [-0.2, 0) is 9.59 Å². The molecule has 0 radical (unpaired) electrons. The van der Waals surface area contributed by atoms with Crippen molar-refractivity contribution in [3.05, 3.63) is 0 Å². The number of amides is 4. The number of hydrogen-bond acceptors (Lipinski definition) is 4. The topological polar surface area (TPSA) is 98.7 Å². The van der Waals surface area contributed by atoms with Crippen LogP contribution in [0.3, 0.4) is 0 Å². The monoisotopic (exact) mass is 297 g/mol. The van der Waals surface area contributed by atoms with Crippen LogP contribution in [0.15, 0.2) is 0 Å². The van der Waals surface area contributed by atoms with Crippen molar-refractivity contribution in [1.29, 1.82) is 0 Å². The number of nitrogens with one attached hydrogen (secondary N) is 2. The summed E-state index contributed by atoms with van der Waals surface area (Å²) in [6.07, 6.45) is 0.196. The van der Waals surface area contributed by atoms with Crippen LogP contribution in [0.25, 0.3) is 0 Å². The second-order valence-corrected chi connectivity index (χ2v) is 6.95. The second-order valence-electron chi connectivity index (χ2n) is 6.95. The maximum atomic E-state index is 12.0. The van der Waals surface area contributed by atoms with Gasteiger partial charge < -0.3 is 15.7 Å². The molecular weight excluding hydrogens is 274 g/mol. The number of carbonyl (C=O) groups excluding carboxylic acids is 3. The van der Waals surface area contributed by atoms with Crippen molar-refractivity contribution in [3.63, 3.8) is 0 Å². The average Bonchev–Trinajstić information content (AvgIpc) is 2.56. The summed E-state index contributed by atoms with van der Waals surface area (Å²) in [5, 5.41) is 15.0. The zero-order valence-corrected chi connectivity index (χ0v) is 12.9. The quantitative estimate of drug-likeness (QED) is 0.635. The van der Waals surface area contributed by atoms with E-state index >= 15 is 0 Å². The Balaban J connectivity index is 1.83. The third-order valence-corrected chi connectivity index (χ3v) is 4.56. The number of aliphatic hydroxyl groups excluding tert-OH is 1. The van der Waals surface area contributed by atoms with Crippen molar-refractivity contribution in [2.24, 2.45) is 5.41 Å². The minimum absolute atomic E-state index is 0.0651. The van der Waals surface area contributed by atoms with Gasteiger partial charge >= 0.3 is 6.03 Å². The van der Waals surface area contributed by atoms with Gasteiger partial charge in [0.1, 0.15) is 5.54 Å². The van der Waals surface area contributed by atoms with Gasteiger partial charge in [-0.25, -0.2) is 4.79 Å². The Hall–Kier alpha value is -1.63. The summed E-state index contributed by atoms with van der Waals surface area (Å²) in [6, 6.07) is -0.531. The van der Waals surface area contributed by atoms with Crippen molar-refractivity contribution in [1.82, 2.24) is 15.5 Å². The van der Waals surface area contributed by atoms with Gasteiger partial charge in [-0.15, -0.1) is 0 Å². The van der Waals surface area contributed by atoms with Gasteiger partial charge in [0.05, 0.1) is 6.10 Å². The molecule has 21 heavy (non-hydrogen) atoms. The van der Waals surface area contributed by atoms with Gasteiger partial charge in [-0.05, 0) is 20.3 Å². The van der Waals surface area contributed by atoms with Crippen LogP contribution in [-0.4, -0.2) is 52.1 Å². The Morgan fingerprint density at radius 2 is 2.00 bits per heavy atom. The molecule has 1 heterocycles. The smallest absolute Gasteiger partial charge is 0.325 e. The van der Waals surface area contributed by atoms with Crippen LogP contribution < -0.4 is 10.6 Å². The average molecular weight is 297 g/mol. The first kappa shape index (κ1) is 15.8. The van der Waals surface area contributed by atoms with Crippen LogP contribution in [0, 0.1) is 5.41 Å². The third-order valence-electron chi connectivity index (χ3n) is 4.56. The first-order chi connectivity index (χ1) is 9.55. The molecular formula is C14H23N3O4. The zero-order valence-electron chi connectivity index (χ0n) is 12.9. The molecule has 2 rings (SSSR count). The Morgan fingerprint density at radius 1 is 1.38 bits per heavy atom. The van der Waals surface area contributed by atoms with Crippen LogP contribution in [0.4, 0.5) is 4.79 Å². The lowest BCUT2D eigenvalue weighted by molar-refractivity contribution is -0.132. The number of carbonyl (C=O) groups is 3.